The van der Waals surface area contributed by atoms with Crippen LogP contribution in [-0.4, -0.2) is 146 Å². The lowest BCUT2D eigenvalue weighted by Crippen LogP contribution is -2.54. The first-order valence-corrected chi connectivity index (χ1v) is 28.9. The summed E-state index contributed by atoms with van der Waals surface area (Å²) >= 11 is 0. The van der Waals surface area contributed by atoms with E-state index >= 15 is 0 Å². The highest BCUT2D eigenvalue weighted by Crippen LogP contribution is 2.37. The highest BCUT2D eigenvalue weighted by molar-refractivity contribution is 7.94. The van der Waals surface area contributed by atoms with Gasteiger partial charge < -0.3 is 18.9 Å². The molecule has 0 radical (unpaired) electrons. The monoisotopic (exact) mass is 1070 g/mol. The number of benzene rings is 4. The highest BCUT2D eigenvalue weighted by Gasteiger charge is 2.53. The van der Waals surface area contributed by atoms with Crippen LogP contribution in [0.3, 0.4) is 0 Å². The van der Waals surface area contributed by atoms with E-state index in [2.05, 4.69) is 0 Å². The van der Waals surface area contributed by atoms with Crippen LogP contribution >= 0.6 is 0 Å². The van der Waals surface area contributed by atoms with E-state index in [0.29, 0.717) is 24.5 Å². The molecule has 0 aliphatic carbocycles. The van der Waals surface area contributed by atoms with E-state index in [4.69, 9.17) is 29.4 Å². The number of nitrogens with one attached hydrogen (secondary N) is 2. The van der Waals surface area contributed by atoms with Gasteiger partial charge in [0.15, 0.2) is 29.2 Å². The first-order valence-electron chi connectivity index (χ1n) is 22.7. The van der Waals surface area contributed by atoms with Gasteiger partial charge in [0.25, 0.3) is 11.8 Å². The van der Waals surface area contributed by atoms with Crippen molar-refractivity contribution >= 4 is 51.5 Å². The third-order valence-corrected chi connectivity index (χ3v) is 21.2. The number of likely N-dealkylation sites (N-methyl/N-ethyl adjacent to an activating group) is 1. The molecular formula is C47H62N4O16S4. The number of ether oxygens (including phenoxy) is 4. The van der Waals surface area contributed by atoms with Gasteiger partial charge in [0.2, 0.25) is 20.0 Å². The van der Waals surface area contributed by atoms with E-state index in [1.165, 1.54) is 75.1 Å². The van der Waals surface area contributed by atoms with Crippen LogP contribution < -0.4 is 20.4 Å². The first kappa shape index (κ1) is 56.9. The Balaban J connectivity index is 0.000000264. The first-order chi connectivity index (χ1) is 33.7. The van der Waals surface area contributed by atoms with E-state index < -0.39 is 61.0 Å². The standard InChI is InChI=1S/C24H32N2O8S2.C23H30N2O8S2/c1-26(15-12-20-6-3-2-4-7-20)35(29,30)19-5-16-34-21-8-10-22(11-9-21)36(31,32)24(23(27)25-28)13-17-33-18-14-24;1-25(18-19-6-3-2-4-7-19)34(28,29)17-5-14-33-20-8-10-21(11-9-20)35(30,31)23(22(26)24-27)12-15-32-16-13-23/h2-4,6-11,28H,5,12-19H2,1H3,(H,25,27);2-4,6-11,27H,5,12-18H2,1H3,(H,24,26). The summed E-state index contributed by atoms with van der Waals surface area (Å²) in [5.74, 6) is -1.40. The van der Waals surface area contributed by atoms with Gasteiger partial charge in [-0.1, -0.05) is 60.7 Å². The Morgan fingerprint density at radius 1 is 0.549 bits per heavy atom. The molecule has 20 nitrogen and oxygen atoms in total. The van der Waals surface area contributed by atoms with Crippen molar-refractivity contribution in [3.63, 3.8) is 0 Å². The lowest BCUT2D eigenvalue weighted by molar-refractivity contribution is -0.135. The average molecular weight is 1070 g/mol. The Hall–Kier alpha value is -5.02. The molecule has 0 aromatic heterocycles. The van der Waals surface area contributed by atoms with Crippen LogP contribution in [0.5, 0.6) is 11.5 Å². The number of nitrogens with zero attached hydrogens (tertiary/aromatic N) is 2. The molecule has 2 aliphatic rings. The SMILES string of the molecule is CN(CCc1ccccc1)S(=O)(=O)CCCOc1ccc(S(=O)(=O)C2(C(=O)NO)CCOCC2)cc1.CN(Cc1ccccc1)S(=O)(=O)CCCOc1ccc(S(=O)(=O)C2(C(=O)NO)CCOCC2)cc1. The van der Waals surface area contributed by atoms with Crippen molar-refractivity contribution in [1.29, 1.82) is 0 Å². The molecule has 4 N–H and O–H groups in total. The normalized spacial score (nSPS) is 16.0. The maximum atomic E-state index is 13.3. The Morgan fingerprint density at radius 2 is 0.915 bits per heavy atom. The number of sulfone groups is 2. The predicted molar refractivity (Wildman–Crippen MR) is 261 cm³/mol. The van der Waals surface area contributed by atoms with Gasteiger partial charge in [-0.2, -0.15) is 0 Å². The van der Waals surface area contributed by atoms with Crippen LogP contribution in [0.2, 0.25) is 0 Å². The molecule has 0 unspecified atom stereocenters. The lowest BCUT2D eigenvalue weighted by atomic mass is 9.98. The molecule has 2 amide bonds. The van der Waals surface area contributed by atoms with E-state index in [1.807, 2.05) is 60.7 Å². The van der Waals surface area contributed by atoms with Gasteiger partial charge in [0, 0.05) is 53.6 Å². The molecule has 2 fully saturated rings. The number of amides is 2. The summed E-state index contributed by atoms with van der Waals surface area (Å²) in [5.41, 5.74) is 4.92. The number of hydroxylamine groups is 2. The molecule has 2 saturated heterocycles. The quantitative estimate of drug-likeness (QED) is 0.0470. The van der Waals surface area contributed by atoms with Crippen LogP contribution in [0.15, 0.2) is 119 Å². The topological polar surface area (TPSA) is 279 Å². The molecule has 2 aliphatic heterocycles. The zero-order valence-corrected chi connectivity index (χ0v) is 42.8. The highest BCUT2D eigenvalue weighted by atomic mass is 32.2. The van der Waals surface area contributed by atoms with Gasteiger partial charge in [-0.05, 0) is 105 Å². The molecule has 24 heteroatoms. The van der Waals surface area contributed by atoms with Gasteiger partial charge in [-0.3, -0.25) is 20.0 Å². The fourth-order valence-electron chi connectivity index (χ4n) is 7.91. The fraction of sp³-hybridized carbons (Fsp3) is 0.447. The van der Waals surface area contributed by atoms with E-state index in [-0.39, 0.29) is 106 Å². The van der Waals surface area contributed by atoms with Crippen LogP contribution in [0.4, 0.5) is 0 Å². The zero-order chi connectivity index (χ0) is 51.8. The van der Waals surface area contributed by atoms with Crippen molar-refractivity contribution in [3.8, 4) is 11.5 Å². The van der Waals surface area contributed by atoms with Crippen LogP contribution in [0, 0.1) is 0 Å². The summed E-state index contributed by atoms with van der Waals surface area (Å²) < 4.78 is 124. The fourth-order valence-corrected chi connectivity index (χ4v) is 14.1. The molecule has 4 aromatic rings. The van der Waals surface area contributed by atoms with Gasteiger partial charge in [-0.25, -0.2) is 53.2 Å². The number of hydrogen-bond donors (Lipinski definition) is 4. The van der Waals surface area contributed by atoms with Crippen molar-refractivity contribution in [1.82, 2.24) is 19.6 Å². The summed E-state index contributed by atoms with van der Waals surface area (Å²) in [7, 11) is -12.1. The van der Waals surface area contributed by atoms with E-state index in [0.717, 1.165) is 11.1 Å². The van der Waals surface area contributed by atoms with Crippen molar-refractivity contribution in [3.05, 3.63) is 120 Å². The second-order valence-electron chi connectivity index (χ2n) is 16.9. The van der Waals surface area contributed by atoms with Crippen molar-refractivity contribution in [2.45, 2.75) is 70.8 Å². The van der Waals surface area contributed by atoms with Gasteiger partial charge in [0.05, 0.1) is 34.5 Å². The molecule has 4 aromatic carbocycles. The number of carbonyl (C=O) groups excluding carboxylic acids is 2. The molecule has 0 saturated carbocycles. The number of hydrogen-bond acceptors (Lipinski definition) is 16. The number of rotatable bonds is 23. The third-order valence-electron chi connectivity index (χ3n) is 12.3. The summed E-state index contributed by atoms with van der Waals surface area (Å²) in [6, 6.07) is 30.1. The largest absolute Gasteiger partial charge is 0.494 e. The minimum atomic E-state index is -4.12. The molecule has 6 rings (SSSR count). The Labute approximate surface area is 416 Å². The Morgan fingerprint density at radius 3 is 1.30 bits per heavy atom. The molecular weight excluding hydrogens is 1000 g/mol. The van der Waals surface area contributed by atoms with Crippen molar-refractivity contribution in [2.75, 3.05) is 71.8 Å². The van der Waals surface area contributed by atoms with Crippen LogP contribution in [0.25, 0.3) is 0 Å². The second kappa shape index (κ2) is 25.6. The summed E-state index contributed by atoms with van der Waals surface area (Å²) in [4.78, 5) is 24.5. The summed E-state index contributed by atoms with van der Waals surface area (Å²) in [5, 5.41) is 18.3. The minimum absolute atomic E-state index is 0.0752. The number of carbonyl (C=O) groups is 2. The molecule has 390 valence electrons. The molecule has 0 bridgehead atoms. The van der Waals surface area contributed by atoms with Gasteiger partial charge in [0.1, 0.15) is 11.5 Å². The molecule has 71 heavy (non-hydrogen) atoms. The zero-order valence-electron chi connectivity index (χ0n) is 39.6. The van der Waals surface area contributed by atoms with Gasteiger partial charge >= 0.3 is 0 Å². The summed E-state index contributed by atoms with van der Waals surface area (Å²) in [6.45, 7) is 1.24. The third kappa shape index (κ3) is 14.4. The average Bonchev–Trinajstić information content (AvgIpc) is 3.39. The Bertz CT molecular complexity index is 2790. The lowest BCUT2D eigenvalue weighted by Gasteiger charge is -2.34. The maximum Gasteiger partial charge on any atom is 0.265 e. The molecule has 2 heterocycles. The summed E-state index contributed by atoms with van der Waals surface area (Å²) in [6.07, 6.45) is 0.832. The van der Waals surface area contributed by atoms with E-state index in [1.54, 1.807) is 7.05 Å². The maximum absolute atomic E-state index is 13.3. The van der Waals surface area contributed by atoms with Crippen molar-refractivity contribution < 1.29 is 72.6 Å². The van der Waals surface area contributed by atoms with Crippen LogP contribution in [0.1, 0.15) is 49.7 Å². The molecule has 0 atom stereocenters. The predicted octanol–water partition coefficient (Wildman–Crippen LogP) is 3.53. The number of sulfonamides is 2. The molecule has 0 spiro atoms. The van der Waals surface area contributed by atoms with Crippen LogP contribution in [-0.2, 0) is 71.7 Å². The van der Waals surface area contributed by atoms with Crippen molar-refractivity contribution in [2.24, 2.45) is 0 Å². The smallest absolute Gasteiger partial charge is 0.265 e. The van der Waals surface area contributed by atoms with Gasteiger partial charge in [-0.15, -0.1) is 0 Å². The Kier molecular flexibility index (Phi) is 20.5. The minimum Gasteiger partial charge on any atom is -0.494 e. The second-order valence-corrected chi connectivity index (χ2v) is 25.8. The van der Waals surface area contributed by atoms with E-state index in [9.17, 15) is 43.3 Å².